The summed E-state index contributed by atoms with van der Waals surface area (Å²) in [5.74, 6) is 0.290. The van der Waals surface area contributed by atoms with E-state index in [9.17, 15) is 4.79 Å². The molecule has 0 spiro atoms. The van der Waals surface area contributed by atoms with Gasteiger partial charge in [-0.2, -0.15) is 0 Å². The van der Waals surface area contributed by atoms with E-state index in [4.69, 9.17) is 4.74 Å². The molecule has 1 N–H and O–H groups in total. The highest BCUT2D eigenvalue weighted by atomic mass is 16.5. The average Bonchev–Trinajstić information content (AvgIpc) is 2.38. The van der Waals surface area contributed by atoms with Gasteiger partial charge in [-0.05, 0) is 33.7 Å². The van der Waals surface area contributed by atoms with Crippen LogP contribution in [0.2, 0.25) is 0 Å². The average molecular weight is 268 g/mol. The van der Waals surface area contributed by atoms with Crippen LogP contribution in [0.1, 0.15) is 52.4 Å². The SMILES string of the molecule is CNC1(CC(=O)N2C[C@@H](C)O[C@@H](C)C2)CCCCC1. The summed E-state index contributed by atoms with van der Waals surface area (Å²) in [5, 5.41) is 3.43. The topological polar surface area (TPSA) is 41.6 Å². The van der Waals surface area contributed by atoms with Crippen molar-refractivity contribution in [3.8, 4) is 0 Å². The summed E-state index contributed by atoms with van der Waals surface area (Å²) in [6.07, 6.45) is 7.00. The normalized spacial score (nSPS) is 31.2. The molecular formula is C15H28N2O2. The summed E-state index contributed by atoms with van der Waals surface area (Å²) < 4.78 is 5.70. The molecule has 1 saturated heterocycles. The molecular weight excluding hydrogens is 240 g/mol. The molecule has 110 valence electrons. The molecule has 0 aromatic heterocycles. The third kappa shape index (κ3) is 3.69. The standard InChI is InChI=1S/C15H28N2O2/c1-12-10-17(11-13(2)19-12)14(18)9-15(16-3)7-5-4-6-8-15/h12-13,16H,4-11H2,1-3H3/t12-,13+. The summed E-state index contributed by atoms with van der Waals surface area (Å²) in [7, 11) is 2.00. The monoisotopic (exact) mass is 268 g/mol. The van der Waals surface area contributed by atoms with Crippen LogP contribution in [-0.4, -0.2) is 48.7 Å². The quantitative estimate of drug-likeness (QED) is 0.850. The van der Waals surface area contributed by atoms with Gasteiger partial charge in [0.05, 0.1) is 12.2 Å². The highest BCUT2D eigenvalue weighted by Crippen LogP contribution is 2.31. The number of amides is 1. The van der Waals surface area contributed by atoms with Gasteiger partial charge in [-0.15, -0.1) is 0 Å². The Hall–Kier alpha value is -0.610. The first-order valence-corrected chi connectivity index (χ1v) is 7.67. The van der Waals surface area contributed by atoms with Crippen LogP contribution in [0.25, 0.3) is 0 Å². The predicted octanol–water partition coefficient (Wildman–Crippen LogP) is 1.93. The second-order valence-corrected chi connectivity index (χ2v) is 6.32. The third-order valence-electron chi connectivity index (χ3n) is 4.60. The number of hydrogen-bond acceptors (Lipinski definition) is 3. The second-order valence-electron chi connectivity index (χ2n) is 6.32. The fourth-order valence-corrected chi connectivity index (χ4v) is 3.53. The summed E-state index contributed by atoms with van der Waals surface area (Å²) in [5.41, 5.74) is 0.0418. The van der Waals surface area contributed by atoms with E-state index in [0.29, 0.717) is 12.3 Å². The maximum absolute atomic E-state index is 12.6. The van der Waals surface area contributed by atoms with Crippen LogP contribution >= 0.6 is 0 Å². The zero-order valence-electron chi connectivity index (χ0n) is 12.6. The molecule has 1 amide bonds. The van der Waals surface area contributed by atoms with Gasteiger partial charge in [0.15, 0.2) is 0 Å². The van der Waals surface area contributed by atoms with Crippen molar-refractivity contribution in [3.63, 3.8) is 0 Å². The van der Waals surface area contributed by atoms with Gasteiger partial charge in [-0.3, -0.25) is 4.79 Å². The van der Waals surface area contributed by atoms with Gasteiger partial charge in [0.1, 0.15) is 0 Å². The molecule has 0 radical (unpaired) electrons. The maximum Gasteiger partial charge on any atom is 0.224 e. The van der Waals surface area contributed by atoms with Gasteiger partial charge in [-0.1, -0.05) is 19.3 Å². The molecule has 2 rings (SSSR count). The lowest BCUT2D eigenvalue weighted by Crippen LogP contribution is -2.53. The molecule has 0 aromatic carbocycles. The molecule has 1 saturated carbocycles. The van der Waals surface area contributed by atoms with E-state index in [1.165, 1.54) is 19.3 Å². The van der Waals surface area contributed by atoms with Crippen LogP contribution < -0.4 is 5.32 Å². The summed E-state index contributed by atoms with van der Waals surface area (Å²) in [4.78, 5) is 14.5. The van der Waals surface area contributed by atoms with Crippen molar-refractivity contribution in [2.75, 3.05) is 20.1 Å². The van der Waals surface area contributed by atoms with E-state index in [1.807, 2.05) is 25.8 Å². The fourth-order valence-electron chi connectivity index (χ4n) is 3.53. The van der Waals surface area contributed by atoms with E-state index in [-0.39, 0.29) is 17.7 Å². The zero-order valence-corrected chi connectivity index (χ0v) is 12.6. The number of carbonyl (C=O) groups excluding carboxylic acids is 1. The van der Waals surface area contributed by atoms with E-state index in [1.54, 1.807) is 0 Å². The van der Waals surface area contributed by atoms with E-state index >= 15 is 0 Å². The molecule has 2 aliphatic rings. The van der Waals surface area contributed by atoms with E-state index in [0.717, 1.165) is 25.9 Å². The Morgan fingerprint density at radius 2 is 1.79 bits per heavy atom. The van der Waals surface area contributed by atoms with Gasteiger partial charge in [0.25, 0.3) is 0 Å². The van der Waals surface area contributed by atoms with Crippen molar-refractivity contribution in [3.05, 3.63) is 0 Å². The minimum atomic E-state index is 0.0418. The smallest absolute Gasteiger partial charge is 0.224 e. The highest BCUT2D eigenvalue weighted by molar-refractivity contribution is 5.77. The highest BCUT2D eigenvalue weighted by Gasteiger charge is 2.35. The molecule has 2 atom stereocenters. The molecule has 1 aliphatic heterocycles. The van der Waals surface area contributed by atoms with Crippen LogP contribution in [0, 0.1) is 0 Å². The molecule has 19 heavy (non-hydrogen) atoms. The minimum absolute atomic E-state index is 0.0418. The number of ether oxygens (including phenoxy) is 1. The van der Waals surface area contributed by atoms with Crippen LogP contribution in [-0.2, 0) is 9.53 Å². The fraction of sp³-hybridized carbons (Fsp3) is 0.933. The zero-order chi connectivity index (χ0) is 13.9. The lowest BCUT2D eigenvalue weighted by molar-refractivity contribution is -0.145. The summed E-state index contributed by atoms with van der Waals surface area (Å²) >= 11 is 0. The Balaban J connectivity index is 1.95. The van der Waals surface area contributed by atoms with Crippen molar-refractivity contribution < 1.29 is 9.53 Å². The molecule has 0 unspecified atom stereocenters. The molecule has 4 nitrogen and oxygen atoms in total. The number of carbonyl (C=O) groups is 1. The number of nitrogens with one attached hydrogen (secondary N) is 1. The lowest BCUT2D eigenvalue weighted by Gasteiger charge is -2.40. The van der Waals surface area contributed by atoms with Crippen molar-refractivity contribution >= 4 is 5.91 Å². The Labute approximate surface area is 116 Å². The number of hydrogen-bond donors (Lipinski definition) is 1. The minimum Gasteiger partial charge on any atom is -0.372 e. The van der Waals surface area contributed by atoms with Gasteiger partial charge in [-0.25, -0.2) is 0 Å². The summed E-state index contributed by atoms with van der Waals surface area (Å²) in [6, 6.07) is 0. The number of morpholine rings is 1. The first-order valence-electron chi connectivity index (χ1n) is 7.67. The van der Waals surface area contributed by atoms with Gasteiger partial charge in [0.2, 0.25) is 5.91 Å². The molecule has 0 bridgehead atoms. The van der Waals surface area contributed by atoms with Crippen LogP contribution in [0.15, 0.2) is 0 Å². The Kier molecular flexibility index (Phi) is 4.85. The Morgan fingerprint density at radius 1 is 1.21 bits per heavy atom. The lowest BCUT2D eigenvalue weighted by atomic mass is 9.79. The van der Waals surface area contributed by atoms with Gasteiger partial charge >= 0.3 is 0 Å². The van der Waals surface area contributed by atoms with Gasteiger partial charge < -0.3 is 15.0 Å². The third-order valence-corrected chi connectivity index (χ3v) is 4.60. The van der Waals surface area contributed by atoms with E-state index in [2.05, 4.69) is 5.32 Å². The molecule has 0 aromatic rings. The first-order chi connectivity index (χ1) is 9.04. The van der Waals surface area contributed by atoms with Crippen molar-refractivity contribution in [1.82, 2.24) is 10.2 Å². The second kappa shape index (κ2) is 6.23. The van der Waals surface area contributed by atoms with Crippen molar-refractivity contribution in [2.45, 2.75) is 70.1 Å². The molecule has 1 aliphatic carbocycles. The van der Waals surface area contributed by atoms with Crippen LogP contribution in [0.4, 0.5) is 0 Å². The Morgan fingerprint density at radius 3 is 2.32 bits per heavy atom. The van der Waals surface area contributed by atoms with Crippen molar-refractivity contribution in [2.24, 2.45) is 0 Å². The number of rotatable bonds is 3. The molecule has 2 fully saturated rings. The Bertz CT molecular complexity index is 303. The predicted molar refractivity (Wildman–Crippen MR) is 76.1 cm³/mol. The maximum atomic E-state index is 12.6. The number of nitrogens with zero attached hydrogens (tertiary/aromatic N) is 1. The first kappa shape index (κ1) is 14.8. The van der Waals surface area contributed by atoms with Crippen LogP contribution in [0.3, 0.4) is 0 Å². The van der Waals surface area contributed by atoms with Gasteiger partial charge in [0, 0.05) is 25.0 Å². The van der Waals surface area contributed by atoms with E-state index < -0.39 is 0 Å². The molecule has 1 heterocycles. The van der Waals surface area contributed by atoms with Crippen LogP contribution in [0.5, 0.6) is 0 Å². The molecule has 4 heteroatoms. The largest absolute Gasteiger partial charge is 0.372 e. The van der Waals surface area contributed by atoms with Crippen molar-refractivity contribution in [1.29, 1.82) is 0 Å². The summed E-state index contributed by atoms with van der Waals surface area (Å²) in [6.45, 7) is 5.57.